The van der Waals surface area contributed by atoms with Gasteiger partial charge < -0.3 is 19.3 Å². The van der Waals surface area contributed by atoms with E-state index in [0.717, 1.165) is 53.0 Å². The summed E-state index contributed by atoms with van der Waals surface area (Å²) >= 11 is 1.68. The van der Waals surface area contributed by atoms with E-state index in [2.05, 4.69) is 41.8 Å². The van der Waals surface area contributed by atoms with Crippen LogP contribution in [0.3, 0.4) is 0 Å². The average molecular weight is 384 g/mol. The van der Waals surface area contributed by atoms with Crippen LogP contribution in [-0.2, 0) is 0 Å². The van der Waals surface area contributed by atoms with Gasteiger partial charge in [-0.15, -0.1) is 0 Å². The van der Waals surface area contributed by atoms with E-state index in [9.17, 15) is 0 Å². The number of piperazine rings is 1. The molecule has 3 aromatic rings. The molecule has 1 saturated heterocycles. The highest BCUT2D eigenvalue weighted by Crippen LogP contribution is 2.40. The maximum atomic E-state index is 5.51. The van der Waals surface area contributed by atoms with Crippen LogP contribution in [0.1, 0.15) is 11.1 Å². The number of methoxy groups -OCH3 is 2. The zero-order chi connectivity index (χ0) is 19.0. The van der Waals surface area contributed by atoms with Gasteiger partial charge in [0.25, 0.3) is 0 Å². The number of anilines is 2. The van der Waals surface area contributed by atoms with Crippen molar-refractivity contribution < 1.29 is 9.47 Å². The van der Waals surface area contributed by atoms with Crippen molar-refractivity contribution in [2.45, 2.75) is 13.8 Å². The van der Waals surface area contributed by atoms with Crippen molar-refractivity contribution in [2.75, 3.05) is 50.2 Å². The third-order valence-electron chi connectivity index (χ3n) is 5.15. The minimum Gasteiger partial charge on any atom is -0.495 e. The second-order valence-corrected chi connectivity index (χ2v) is 7.89. The second-order valence-electron chi connectivity index (χ2n) is 6.91. The lowest BCUT2D eigenvalue weighted by Crippen LogP contribution is -2.46. The molecule has 0 amide bonds. The number of ether oxygens (including phenoxy) is 2. The van der Waals surface area contributed by atoms with Crippen LogP contribution in [0.4, 0.5) is 10.8 Å². The number of hydrogen-bond donors (Lipinski definition) is 0. The number of thiazole rings is 1. The van der Waals surface area contributed by atoms with Gasteiger partial charge in [-0.3, -0.25) is 0 Å². The van der Waals surface area contributed by atoms with E-state index in [4.69, 9.17) is 14.5 Å². The highest BCUT2D eigenvalue weighted by atomic mass is 32.1. The monoisotopic (exact) mass is 383 g/mol. The summed E-state index contributed by atoms with van der Waals surface area (Å²) in [5.41, 5.74) is 4.88. The van der Waals surface area contributed by atoms with E-state index < -0.39 is 0 Å². The molecule has 4 rings (SSSR count). The summed E-state index contributed by atoms with van der Waals surface area (Å²) in [6, 6.07) is 10.5. The molecule has 0 atom stereocenters. The van der Waals surface area contributed by atoms with Crippen molar-refractivity contribution in [3.8, 4) is 11.5 Å². The maximum Gasteiger partial charge on any atom is 0.186 e. The van der Waals surface area contributed by atoms with Crippen LogP contribution in [0.2, 0.25) is 0 Å². The Morgan fingerprint density at radius 3 is 2.26 bits per heavy atom. The Morgan fingerprint density at radius 2 is 1.56 bits per heavy atom. The minimum absolute atomic E-state index is 0.794. The van der Waals surface area contributed by atoms with Gasteiger partial charge in [0.15, 0.2) is 5.13 Å². The molecule has 0 N–H and O–H groups in total. The number of rotatable bonds is 4. The fraction of sp³-hybridized carbons (Fsp3) is 0.381. The van der Waals surface area contributed by atoms with Gasteiger partial charge in [0.1, 0.15) is 21.7 Å². The quantitative estimate of drug-likeness (QED) is 0.673. The fourth-order valence-electron chi connectivity index (χ4n) is 3.61. The molecular formula is C21H25N3O2S. The van der Waals surface area contributed by atoms with Gasteiger partial charge in [-0.05, 0) is 43.2 Å². The van der Waals surface area contributed by atoms with E-state index in [1.54, 1.807) is 25.6 Å². The van der Waals surface area contributed by atoms with Gasteiger partial charge in [-0.1, -0.05) is 23.5 Å². The van der Waals surface area contributed by atoms with Crippen molar-refractivity contribution in [3.05, 3.63) is 41.5 Å². The van der Waals surface area contributed by atoms with Crippen LogP contribution in [0.5, 0.6) is 11.5 Å². The third kappa shape index (κ3) is 3.30. The molecule has 0 unspecified atom stereocenters. The van der Waals surface area contributed by atoms with E-state index >= 15 is 0 Å². The van der Waals surface area contributed by atoms with Gasteiger partial charge in [0.05, 0.1) is 14.2 Å². The lowest BCUT2D eigenvalue weighted by Gasteiger charge is -2.36. The highest BCUT2D eigenvalue weighted by molar-refractivity contribution is 7.22. The minimum atomic E-state index is 0.794. The van der Waals surface area contributed by atoms with Gasteiger partial charge in [-0.2, -0.15) is 0 Å². The summed E-state index contributed by atoms with van der Waals surface area (Å²) in [5, 5.41) is 1.04. The molecule has 142 valence electrons. The highest BCUT2D eigenvalue weighted by Gasteiger charge is 2.23. The molecule has 0 aliphatic carbocycles. The molecule has 1 aromatic heterocycles. The summed E-state index contributed by atoms with van der Waals surface area (Å²) in [5.74, 6) is 1.64. The standard InChI is InChI=1S/C21H25N3O2S/c1-14-5-6-15(2)16(13-14)23-9-11-24(12-10-23)21-22-19-17(25-3)7-8-18(26-4)20(19)27-21/h5-8,13H,9-12H2,1-4H3. The Bertz CT molecular complexity index is 920. The van der Waals surface area contributed by atoms with Gasteiger partial charge >= 0.3 is 0 Å². The SMILES string of the molecule is COc1ccc(OC)c2sc(N3CCN(c4cc(C)ccc4C)CC3)nc12. The lowest BCUT2D eigenvalue weighted by molar-refractivity contribution is 0.410. The zero-order valence-electron chi connectivity index (χ0n) is 16.3. The van der Waals surface area contributed by atoms with Gasteiger partial charge in [-0.25, -0.2) is 4.98 Å². The molecule has 1 fully saturated rings. The topological polar surface area (TPSA) is 37.8 Å². The van der Waals surface area contributed by atoms with Crippen LogP contribution in [0.25, 0.3) is 10.2 Å². The summed E-state index contributed by atoms with van der Waals surface area (Å²) in [7, 11) is 3.38. The van der Waals surface area contributed by atoms with Crippen LogP contribution >= 0.6 is 11.3 Å². The summed E-state index contributed by atoms with van der Waals surface area (Å²) in [4.78, 5) is 9.71. The van der Waals surface area contributed by atoms with Crippen molar-refractivity contribution in [1.82, 2.24) is 4.98 Å². The predicted octanol–water partition coefficient (Wildman–Crippen LogP) is 4.26. The molecule has 0 bridgehead atoms. The summed E-state index contributed by atoms with van der Waals surface area (Å²) < 4.78 is 12.0. The molecule has 1 aliphatic rings. The zero-order valence-corrected chi connectivity index (χ0v) is 17.1. The number of benzene rings is 2. The second kappa shape index (κ2) is 7.27. The van der Waals surface area contributed by atoms with Gasteiger partial charge in [0, 0.05) is 31.9 Å². The first kappa shape index (κ1) is 17.9. The third-order valence-corrected chi connectivity index (χ3v) is 6.29. The molecule has 0 radical (unpaired) electrons. The van der Waals surface area contributed by atoms with E-state index in [-0.39, 0.29) is 0 Å². The average Bonchev–Trinajstić information content (AvgIpc) is 3.14. The molecule has 0 saturated carbocycles. The Labute approximate surface area is 164 Å². The number of fused-ring (bicyclic) bond motifs is 1. The fourth-order valence-corrected chi connectivity index (χ4v) is 4.73. The Balaban J connectivity index is 1.57. The van der Waals surface area contributed by atoms with E-state index in [0.29, 0.717) is 0 Å². The largest absolute Gasteiger partial charge is 0.495 e. The van der Waals surface area contributed by atoms with Crippen LogP contribution in [-0.4, -0.2) is 45.4 Å². The van der Waals surface area contributed by atoms with Gasteiger partial charge in [0.2, 0.25) is 0 Å². The Hall–Kier alpha value is -2.47. The molecular weight excluding hydrogens is 358 g/mol. The number of nitrogens with zero attached hydrogens (tertiary/aromatic N) is 3. The molecule has 2 heterocycles. The summed E-state index contributed by atoms with van der Waals surface area (Å²) in [6.45, 7) is 8.24. The van der Waals surface area contributed by atoms with Crippen LogP contribution < -0.4 is 19.3 Å². The number of aromatic nitrogens is 1. The Kier molecular flexibility index (Phi) is 4.83. The predicted molar refractivity (Wildman–Crippen MR) is 113 cm³/mol. The van der Waals surface area contributed by atoms with Crippen molar-refractivity contribution in [2.24, 2.45) is 0 Å². The van der Waals surface area contributed by atoms with E-state index in [1.807, 2.05) is 12.1 Å². The maximum absolute atomic E-state index is 5.51. The molecule has 2 aromatic carbocycles. The first-order chi connectivity index (χ1) is 13.1. The molecule has 5 nitrogen and oxygen atoms in total. The van der Waals surface area contributed by atoms with Crippen molar-refractivity contribution in [3.63, 3.8) is 0 Å². The molecule has 0 spiro atoms. The van der Waals surface area contributed by atoms with E-state index in [1.165, 1.54) is 16.8 Å². The molecule has 1 aliphatic heterocycles. The normalized spacial score (nSPS) is 14.7. The van der Waals surface area contributed by atoms with Crippen molar-refractivity contribution in [1.29, 1.82) is 0 Å². The van der Waals surface area contributed by atoms with Crippen LogP contribution in [0, 0.1) is 13.8 Å². The first-order valence-electron chi connectivity index (χ1n) is 9.19. The lowest BCUT2D eigenvalue weighted by atomic mass is 10.1. The molecule has 27 heavy (non-hydrogen) atoms. The van der Waals surface area contributed by atoms with Crippen LogP contribution in [0.15, 0.2) is 30.3 Å². The molecule has 6 heteroatoms. The smallest absolute Gasteiger partial charge is 0.186 e. The Morgan fingerprint density at radius 1 is 0.889 bits per heavy atom. The number of aryl methyl sites for hydroxylation is 2. The van der Waals surface area contributed by atoms with Crippen molar-refractivity contribution >= 4 is 32.4 Å². The first-order valence-corrected chi connectivity index (χ1v) is 10.0. The number of hydrogen-bond acceptors (Lipinski definition) is 6. The summed E-state index contributed by atoms with van der Waals surface area (Å²) in [6.07, 6.45) is 0.